The molecule has 1 amide bonds. The minimum Gasteiger partial charge on any atom is -0.368 e. The normalized spacial score (nSPS) is 15.0. The highest BCUT2D eigenvalue weighted by Gasteiger charge is 2.24. The Kier molecular flexibility index (Phi) is 3.92. The monoisotopic (exact) mass is 334 g/mol. The van der Waals surface area contributed by atoms with Gasteiger partial charge in [-0.2, -0.15) is 0 Å². The maximum Gasteiger partial charge on any atom is 0.274 e. The number of aromatic nitrogens is 2. The summed E-state index contributed by atoms with van der Waals surface area (Å²) in [4.78, 5) is 21.5. The van der Waals surface area contributed by atoms with Gasteiger partial charge < -0.3 is 14.2 Å². The third kappa shape index (κ3) is 3.09. The highest BCUT2D eigenvalue weighted by molar-refractivity contribution is 5.93. The molecule has 0 unspecified atom stereocenters. The second-order valence-corrected chi connectivity index (χ2v) is 6.71. The highest BCUT2D eigenvalue weighted by Crippen LogP contribution is 2.18. The van der Waals surface area contributed by atoms with Crippen LogP contribution in [-0.4, -0.2) is 46.4 Å². The number of rotatable bonds is 2. The zero-order valence-corrected chi connectivity index (χ0v) is 14.6. The van der Waals surface area contributed by atoms with Crippen molar-refractivity contribution in [2.24, 2.45) is 0 Å². The molecule has 0 spiro atoms. The lowest BCUT2D eigenvalue weighted by atomic mass is 10.2. The van der Waals surface area contributed by atoms with E-state index in [4.69, 9.17) is 0 Å². The summed E-state index contributed by atoms with van der Waals surface area (Å²) < 4.78 is 1.91. The number of piperazine rings is 1. The maximum atomic E-state index is 12.8. The Labute approximate surface area is 147 Å². The van der Waals surface area contributed by atoms with Crippen molar-refractivity contribution in [2.45, 2.75) is 13.8 Å². The predicted octanol–water partition coefficient (Wildman–Crippen LogP) is 2.91. The molecule has 0 radical (unpaired) electrons. The Balaban J connectivity index is 1.46. The van der Waals surface area contributed by atoms with E-state index in [1.807, 2.05) is 40.8 Å². The number of pyridine rings is 1. The molecule has 1 aromatic carbocycles. The topological polar surface area (TPSA) is 40.9 Å². The van der Waals surface area contributed by atoms with Crippen LogP contribution in [-0.2, 0) is 0 Å². The van der Waals surface area contributed by atoms with Crippen LogP contribution >= 0.6 is 0 Å². The van der Waals surface area contributed by atoms with E-state index in [9.17, 15) is 4.79 Å². The van der Waals surface area contributed by atoms with Gasteiger partial charge in [0, 0.05) is 44.3 Å². The van der Waals surface area contributed by atoms with Crippen LogP contribution in [0.25, 0.3) is 5.65 Å². The van der Waals surface area contributed by atoms with Crippen molar-refractivity contribution in [3.05, 3.63) is 65.6 Å². The van der Waals surface area contributed by atoms with Gasteiger partial charge >= 0.3 is 0 Å². The molecule has 3 heterocycles. The fourth-order valence-corrected chi connectivity index (χ4v) is 3.27. The standard InChI is InChI=1S/C20H22N4O/c1-15-3-5-17(6-4-15)22-9-11-23(12-10-22)20(25)18-14-24-8-7-16(2)13-19(24)21-18/h3-8,13-14H,9-12H2,1-2H3. The third-order valence-electron chi connectivity index (χ3n) is 4.80. The maximum absolute atomic E-state index is 12.8. The fraction of sp³-hybridized carbons (Fsp3) is 0.300. The van der Waals surface area contributed by atoms with Crippen LogP contribution in [0.15, 0.2) is 48.8 Å². The van der Waals surface area contributed by atoms with Crippen LogP contribution in [0.4, 0.5) is 5.69 Å². The van der Waals surface area contributed by atoms with Crippen LogP contribution in [0.1, 0.15) is 21.6 Å². The molecule has 0 saturated carbocycles. The Morgan fingerprint density at radius 3 is 2.40 bits per heavy atom. The number of amides is 1. The van der Waals surface area contributed by atoms with Crippen molar-refractivity contribution >= 4 is 17.2 Å². The van der Waals surface area contributed by atoms with Crippen LogP contribution in [0.5, 0.6) is 0 Å². The lowest BCUT2D eigenvalue weighted by Gasteiger charge is -2.35. The molecule has 2 aromatic heterocycles. The summed E-state index contributed by atoms with van der Waals surface area (Å²) in [5.41, 5.74) is 4.97. The Hall–Kier alpha value is -2.82. The lowest BCUT2D eigenvalue weighted by molar-refractivity contribution is 0.0741. The van der Waals surface area contributed by atoms with Gasteiger partial charge in [-0.3, -0.25) is 4.79 Å². The molecule has 4 rings (SSSR count). The molecule has 5 nitrogen and oxygen atoms in total. The van der Waals surface area contributed by atoms with Gasteiger partial charge in [0.25, 0.3) is 5.91 Å². The van der Waals surface area contributed by atoms with Gasteiger partial charge in [0.1, 0.15) is 11.3 Å². The summed E-state index contributed by atoms with van der Waals surface area (Å²) in [6, 6.07) is 12.6. The number of carbonyl (C=O) groups excluding carboxylic acids is 1. The molecular weight excluding hydrogens is 312 g/mol. The summed E-state index contributed by atoms with van der Waals surface area (Å²) in [5, 5.41) is 0. The number of fused-ring (bicyclic) bond motifs is 1. The third-order valence-corrected chi connectivity index (χ3v) is 4.80. The van der Waals surface area contributed by atoms with E-state index < -0.39 is 0 Å². The number of hydrogen-bond acceptors (Lipinski definition) is 3. The largest absolute Gasteiger partial charge is 0.368 e. The average Bonchev–Trinajstić information content (AvgIpc) is 3.05. The van der Waals surface area contributed by atoms with Crippen LogP contribution in [0.3, 0.4) is 0 Å². The van der Waals surface area contributed by atoms with Crippen molar-refractivity contribution in [1.29, 1.82) is 0 Å². The number of hydrogen-bond donors (Lipinski definition) is 0. The van der Waals surface area contributed by atoms with Crippen molar-refractivity contribution in [3.8, 4) is 0 Å². The Morgan fingerprint density at radius 1 is 0.960 bits per heavy atom. The van der Waals surface area contributed by atoms with E-state index >= 15 is 0 Å². The first-order chi connectivity index (χ1) is 12.1. The molecule has 1 saturated heterocycles. The highest BCUT2D eigenvalue weighted by atomic mass is 16.2. The van der Waals surface area contributed by atoms with E-state index in [-0.39, 0.29) is 5.91 Å². The number of aryl methyl sites for hydroxylation is 2. The molecule has 1 aliphatic heterocycles. The summed E-state index contributed by atoms with van der Waals surface area (Å²) in [6.45, 7) is 7.26. The first-order valence-corrected chi connectivity index (χ1v) is 8.66. The number of anilines is 1. The molecule has 128 valence electrons. The molecule has 1 fully saturated rings. The van der Waals surface area contributed by atoms with Gasteiger partial charge in [0.05, 0.1) is 0 Å². The Bertz CT molecular complexity index is 905. The number of carbonyl (C=O) groups is 1. The second kappa shape index (κ2) is 6.24. The van der Waals surface area contributed by atoms with Gasteiger partial charge in [-0.05, 0) is 43.7 Å². The van der Waals surface area contributed by atoms with Gasteiger partial charge in [-0.1, -0.05) is 17.7 Å². The minimum atomic E-state index is 0.0184. The van der Waals surface area contributed by atoms with Crippen LogP contribution < -0.4 is 4.90 Å². The quantitative estimate of drug-likeness (QED) is 0.723. The first-order valence-electron chi connectivity index (χ1n) is 8.66. The SMILES string of the molecule is Cc1ccc(N2CCN(C(=O)c3cn4ccc(C)cc4n3)CC2)cc1. The second-order valence-electron chi connectivity index (χ2n) is 6.71. The fourth-order valence-electron chi connectivity index (χ4n) is 3.27. The van der Waals surface area contributed by atoms with E-state index in [1.165, 1.54) is 11.3 Å². The van der Waals surface area contributed by atoms with E-state index in [2.05, 4.69) is 41.1 Å². The van der Waals surface area contributed by atoms with Gasteiger partial charge in [-0.25, -0.2) is 4.98 Å². The molecule has 1 aliphatic rings. The Morgan fingerprint density at radius 2 is 1.68 bits per heavy atom. The zero-order valence-electron chi connectivity index (χ0n) is 14.6. The molecule has 0 bridgehead atoms. The zero-order chi connectivity index (χ0) is 17.4. The van der Waals surface area contributed by atoms with Crippen LogP contribution in [0.2, 0.25) is 0 Å². The number of benzene rings is 1. The first kappa shape index (κ1) is 15.7. The average molecular weight is 334 g/mol. The smallest absolute Gasteiger partial charge is 0.274 e. The van der Waals surface area contributed by atoms with Crippen molar-refractivity contribution in [3.63, 3.8) is 0 Å². The molecule has 3 aromatic rings. The molecule has 25 heavy (non-hydrogen) atoms. The van der Waals surface area contributed by atoms with E-state index in [1.54, 1.807) is 0 Å². The van der Waals surface area contributed by atoms with Crippen molar-refractivity contribution in [1.82, 2.24) is 14.3 Å². The van der Waals surface area contributed by atoms with Crippen LogP contribution in [0, 0.1) is 13.8 Å². The van der Waals surface area contributed by atoms with Gasteiger partial charge in [0.2, 0.25) is 0 Å². The number of imidazole rings is 1. The van der Waals surface area contributed by atoms with Gasteiger partial charge in [-0.15, -0.1) is 0 Å². The number of nitrogens with zero attached hydrogens (tertiary/aromatic N) is 4. The summed E-state index contributed by atoms with van der Waals surface area (Å²) in [7, 11) is 0. The van der Waals surface area contributed by atoms with Crippen molar-refractivity contribution < 1.29 is 4.79 Å². The molecule has 0 aliphatic carbocycles. The molecule has 0 atom stereocenters. The summed E-state index contributed by atoms with van der Waals surface area (Å²) >= 11 is 0. The molecular formula is C20H22N4O. The van der Waals surface area contributed by atoms with E-state index in [0.29, 0.717) is 5.69 Å². The van der Waals surface area contributed by atoms with Crippen molar-refractivity contribution in [2.75, 3.05) is 31.1 Å². The minimum absolute atomic E-state index is 0.0184. The molecule has 0 N–H and O–H groups in total. The molecule has 5 heteroatoms. The predicted molar refractivity (Wildman–Crippen MR) is 99.2 cm³/mol. The van der Waals surface area contributed by atoms with Gasteiger partial charge in [0.15, 0.2) is 0 Å². The lowest BCUT2D eigenvalue weighted by Crippen LogP contribution is -2.48. The van der Waals surface area contributed by atoms with E-state index in [0.717, 1.165) is 37.4 Å². The summed E-state index contributed by atoms with van der Waals surface area (Å²) in [5.74, 6) is 0.0184. The summed E-state index contributed by atoms with van der Waals surface area (Å²) in [6.07, 6.45) is 3.77.